The van der Waals surface area contributed by atoms with E-state index in [1.165, 1.54) is 11.1 Å². The van der Waals surface area contributed by atoms with Gasteiger partial charge in [0, 0.05) is 6.54 Å². The van der Waals surface area contributed by atoms with E-state index in [9.17, 15) is 4.79 Å². The quantitative estimate of drug-likeness (QED) is 0.624. The fraction of sp³-hybridized carbons (Fsp3) is 0.480. The Balaban J connectivity index is 1.60. The summed E-state index contributed by atoms with van der Waals surface area (Å²) in [4.78, 5) is 14.3. The van der Waals surface area contributed by atoms with E-state index in [0.29, 0.717) is 6.61 Å². The molecule has 0 saturated carbocycles. The van der Waals surface area contributed by atoms with Gasteiger partial charge in [-0.2, -0.15) is 0 Å². The van der Waals surface area contributed by atoms with E-state index in [4.69, 9.17) is 14.2 Å². The summed E-state index contributed by atoms with van der Waals surface area (Å²) < 4.78 is 17.1. The highest BCUT2D eigenvalue weighted by Crippen LogP contribution is 2.25. The van der Waals surface area contributed by atoms with Crippen molar-refractivity contribution in [2.24, 2.45) is 0 Å². The summed E-state index contributed by atoms with van der Waals surface area (Å²) in [5.41, 5.74) is 1.91. The molecule has 0 unspecified atom stereocenters. The number of methoxy groups -OCH3 is 1. The number of carbonyl (C=O) groups excluding carboxylic acids is 1. The Morgan fingerprint density at radius 3 is 2.67 bits per heavy atom. The molecule has 1 amide bonds. The van der Waals surface area contributed by atoms with Crippen molar-refractivity contribution in [1.29, 1.82) is 0 Å². The Kier molecular flexibility index (Phi) is 7.24. The van der Waals surface area contributed by atoms with Gasteiger partial charge >= 0.3 is 6.09 Å². The highest BCUT2D eigenvalue weighted by molar-refractivity contribution is 5.69. The molecule has 0 spiro atoms. The van der Waals surface area contributed by atoms with Crippen LogP contribution in [0.2, 0.25) is 0 Å². The van der Waals surface area contributed by atoms with E-state index in [2.05, 4.69) is 18.2 Å². The summed E-state index contributed by atoms with van der Waals surface area (Å²) in [5, 5.41) is 0. The molecule has 0 N–H and O–H groups in total. The lowest BCUT2D eigenvalue weighted by Crippen LogP contribution is -2.42. The van der Waals surface area contributed by atoms with Crippen molar-refractivity contribution < 1.29 is 19.0 Å². The molecule has 0 bridgehead atoms. The van der Waals surface area contributed by atoms with E-state index >= 15 is 0 Å². The van der Waals surface area contributed by atoms with Crippen molar-refractivity contribution in [3.8, 4) is 11.5 Å². The van der Waals surface area contributed by atoms with Crippen LogP contribution in [0.25, 0.3) is 0 Å². The molecule has 2 aromatic carbocycles. The average Bonchev–Trinajstić information content (AvgIpc) is 3.19. The number of hydrogen-bond acceptors (Lipinski definition) is 4. The number of rotatable bonds is 7. The van der Waals surface area contributed by atoms with Crippen LogP contribution in [0.4, 0.5) is 4.79 Å². The highest BCUT2D eigenvalue weighted by atomic mass is 16.6. The van der Waals surface area contributed by atoms with E-state index < -0.39 is 5.60 Å². The second-order valence-electron chi connectivity index (χ2n) is 8.74. The van der Waals surface area contributed by atoms with Gasteiger partial charge in [-0.15, -0.1) is 0 Å². The second kappa shape index (κ2) is 9.88. The Hall–Kier alpha value is -2.69. The van der Waals surface area contributed by atoms with Crippen molar-refractivity contribution in [3.63, 3.8) is 0 Å². The zero-order valence-electron chi connectivity index (χ0n) is 18.5. The number of amides is 1. The van der Waals surface area contributed by atoms with Crippen LogP contribution in [-0.2, 0) is 17.6 Å². The smallest absolute Gasteiger partial charge is 0.410 e. The maximum atomic E-state index is 12.5. The molecule has 1 heterocycles. The predicted molar refractivity (Wildman–Crippen MR) is 118 cm³/mol. The maximum Gasteiger partial charge on any atom is 0.410 e. The Labute approximate surface area is 179 Å². The van der Waals surface area contributed by atoms with E-state index in [1.807, 2.05) is 56.0 Å². The van der Waals surface area contributed by atoms with E-state index in [0.717, 1.165) is 43.7 Å². The van der Waals surface area contributed by atoms with Gasteiger partial charge in [-0.1, -0.05) is 30.3 Å². The van der Waals surface area contributed by atoms with Gasteiger partial charge < -0.3 is 19.1 Å². The SMILES string of the molecule is COc1cccc(CCc2ccccc2OC[C@@H]2CCCN2C(=O)OC(C)(C)C)c1. The zero-order chi connectivity index (χ0) is 21.6. The Morgan fingerprint density at radius 1 is 1.10 bits per heavy atom. The second-order valence-corrected chi connectivity index (χ2v) is 8.74. The van der Waals surface area contributed by atoms with Crippen LogP contribution in [0.5, 0.6) is 11.5 Å². The number of aryl methyl sites for hydroxylation is 2. The summed E-state index contributed by atoms with van der Waals surface area (Å²) in [6, 6.07) is 16.3. The number of benzene rings is 2. The van der Waals surface area contributed by atoms with E-state index in [-0.39, 0.29) is 12.1 Å². The topological polar surface area (TPSA) is 48.0 Å². The van der Waals surface area contributed by atoms with Crippen molar-refractivity contribution in [1.82, 2.24) is 4.90 Å². The molecule has 1 aliphatic heterocycles. The molecule has 1 fully saturated rings. The number of ether oxygens (including phenoxy) is 3. The first-order chi connectivity index (χ1) is 14.4. The number of carbonyl (C=O) groups is 1. The molecular formula is C25H33NO4. The number of nitrogens with zero attached hydrogens (tertiary/aromatic N) is 1. The minimum Gasteiger partial charge on any atom is -0.497 e. The third-order valence-corrected chi connectivity index (χ3v) is 5.23. The van der Waals surface area contributed by atoms with Gasteiger partial charge in [0.2, 0.25) is 0 Å². The van der Waals surface area contributed by atoms with Gasteiger partial charge in [-0.3, -0.25) is 0 Å². The first kappa shape index (κ1) is 22.0. The van der Waals surface area contributed by atoms with Crippen LogP contribution in [0.1, 0.15) is 44.7 Å². The fourth-order valence-electron chi connectivity index (χ4n) is 3.71. The van der Waals surface area contributed by atoms with Crippen LogP contribution in [0, 0.1) is 0 Å². The normalized spacial score (nSPS) is 16.4. The van der Waals surface area contributed by atoms with Crippen molar-refractivity contribution >= 4 is 6.09 Å². The average molecular weight is 412 g/mol. The first-order valence-corrected chi connectivity index (χ1v) is 10.7. The summed E-state index contributed by atoms with van der Waals surface area (Å²) >= 11 is 0. The molecule has 1 atom stereocenters. The molecule has 1 saturated heterocycles. The van der Waals surface area contributed by atoms with Gasteiger partial charge in [0.1, 0.15) is 23.7 Å². The van der Waals surface area contributed by atoms with Gasteiger partial charge in [-0.25, -0.2) is 4.79 Å². The lowest BCUT2D eigenvalue weighted by Gasteiger charge is -2.28. The standard InChI is InChI=1S/C25H33NO4/c1-25(2,3)30-24(27)26-16-8-11-21(26)18-29-23-13-6-5-10-20(23)15-14-19-9-7-12-22(17-19)28-4/h5-7,9-10,12-13,17,21H,8,11,14-16,18H2,1-4H3/t21-/m0/s1. The van der Waals surface area contributed by atoms with Crippen LogP contribution in [0.15, 0.2) is 48.5 Å². The lowest BCUT2D eigenvalue weighted by molar-refractivity contribution is 0.0187. The van der Waals surface area contributed by atoms with Crippen molar-refractivity contribution in [3.05, 3.63) is 59.7 Å². The highest BCUT2D eigenvalue weighted by Gasteiger charge is 2.32. The molecule has 30 heavy (non-hydrogen) atoms. The van der Waals surface area contributed by atoms with Crippen LogP contribution >= 0.6 is 0 Å². The zero-order valence-corrected chi connectivity index (χ0v) is 18.5. The molecule has 3 rings (SSSR count). The minimum atomic E-state index is -0.488. The maximum absolute atomic E-state index is 12.5. The number of hydrogen-bond donors (Lipinski definition) is 0. The van der Waals surface area contributed by atoms with Gasteiger partial charge in [-0.05, 0) is 75.8 Å². The Bertz CT molecular complexity index is 843. The third kappa shape index (κ3) is 6.15. The largest absolute Gasteiger partial charge is 0.497 e. The molecular weight excluding hydrogens is 378 g/mol. The first-order valence-electron chi connectivity index (χ1n) is 10.7. The summed E-state index contributed by atoms with van der Waals surface area (Å²) in [7, 11) is 1.69. The monoisotopic (exact) mass is 411 g/mol. The van der Waals surface area contributed by atoms with Crippen molar-refractivity contribution in [2.45, 2.75) is 58.1 Å². The molecule has 0 aliphatic carbocycles. The lowest BCUT2D eigenvalue weighted by atomic mass is 10.0. The molecule has 162 valence electrons. The van der Waals surface area contributed by atoms with Crippen LogP contribution in [-0.4, -0.2) is 42.9 Å². The van der Waals surface area contributed by atoms with Crippen LogP contribution in [0.3, 0.4) is 0 Å². The van der Waals surface area contributed by atoms with E-state index in [1.54, 1.807) is 7.11 Å². The third-order valence-electron chi connectivity index (χ3n) is 5.23. The van der Waals surface area contributed by atoms with Gasteiger partial charge in [0.05, 0.1) is 13.2 Å². The predicted octanol–water partition coefficient (Wildman–Crippen LogP) is 5.26. The summed E-state index contributed by atoms with van der Waals surface area (Å²) in [5.74, 6) is 1.76. The molecule has 5 heteroatoms. The molecule has 2 aromatic rings. The summed E-state index contributed by atoms with van der Waals surface area (Å²) in [6.45, 7) is 6.89. The van der Waals surface area contributed by atoms with Crippen molar-refractivity contribution in [2.75, 3.05) is 20.3 Å². The molecule has 5 nitrogen and oxygen atoms in total. The number of para-hydroxylation sites is 1. The van der Waals surface area contributed by atoms with Gasteiger partial charge in [0.25, 0.3) is 0 Å². The molecule has 0 radical (unpaired) electrons. The van der Waals surface area contributed by atoms with Crippen LogP contribution < -0.4 is 9.47 Å². The Morgan fingerprint density at radius 2 is 1.90 bits per heavy atom. The fourth-order valence-corrected chi connectivity index (χ4v) is 3.71. The minimum absolute atomic E-state index is 0.0475. The molecule has 0 aromatic heterocycles. The van der Waals surface area contributed by atoms with Gasteiger partial charge in [0.15, 0.2) is 0 Å². The molecule has 1 aliphatic rings. The number of likely N-dealkylation sites (tertiary alicyclic amines) is 1. The summed E-state index contributed by atoms with van der Waals surface area (Å²) in [6.07, 6.45) is 3.45.